The lowest BCUT2D eigenvalue weighted by Gasteiger charge is -2.07. The summed E-state index contributed by atoms with van der Waals surface area (Å²) in [6, 6.07) is 12.1. The fourth-order valence-corrected chi connectivity index (χ4v) is 3.78. The number of aromatic nitrogens is 5. The third kappa shape index (κ3) is 4.05. The Morgan fingerprint density at radius 3 is 2.78 bits per heavy atom. The molecule has 0 aliphatic carbocycles. The highest BCUT2D eigenvalue weighted by molar-refractivity contribution is 5.94. The summed E-state index contributed by atoms with van der Waals surface area (Å²) in [6.07, 6.45) is 7.58. The zero-order chi connectivity index (χ0) is 22.1. The lowest BCUT2D eigenvalue weighted by molar-refractivity contribution is 0.0950. The first-order chi connectivity index (χ1) is 15.5. The Morgan fingerprint density at radius 2 is 1.88 bits per heavy atom. The summed E-state index contributed by atoms with van der Waals surface area (Å²) in [6.45, 7) is 4.48. The SMILES string of the molecule is Cc1ccc2ncc(Cc3cc(C(=O)NCc4cnc5[nH]cc(C)c5c4)cnn3)cc2c1. The average molecular weight is 422 g/mol. The van der Waals surface area contributed by atoms with E-state index in [2.05, 4.69) is 55.6 Å². The maximum absolute atomic E-state index is 12.7. The van der Waals surface area contributed by atoms with Gasteiger partial charge in [0.15, 0.2) is 0 Å². The van der Waals surface area contributed by atoms with E-state index in [1.165, 1.54) is 11.8 Å². The zero-order valence-corrected chi connectivity index (χ0v) is 17.9. The van der Waals surface area contributed by atoms with Crippen molar-refractivity contribution < 1.29 is 4.79 Å². The third-order valence-electron chi connectivity index (χ3n) is 5.49. The molecule has 0 spiro atoms. The van der Waals surface area contributed by atoms with Crippen LogP contribution in [0.1, 0.15) is 38.3 Å². The number of H-pyrrole nitrogens is 1. The fraction of sp³-hybridized carbons (Fsp3) is 0.160. The molecule has 4 heterocycles. The second kappa shape index (κ2) is 8.19. The number of nitrogens with one attached hydrogen (secondary N) is 2. The fourth-order valence-electron chi connectivity index (χ4n) is 3.78. The second-order valence-corrected chi connectivity index (χ2v) is 8.05. The molecule has 7 nitrogen and oxygen atoms in total. The quantitative estimate of drug-likeness (QED) is 0.446. The van der Waals surface area contributed by atoms with Gasteiger partial charge < -0.3 is 10.3 Å². The van der Waals surface area contributed by atoms with Crippen LogP contribution in [0.25, 0.3) is 21.9 Å². The van der Waals surface area contributed by atoms with Crippen LogP contribution in [0.3, 0.4) is 0 Å². The molecule has 0 saturated heterocycles. The van der Waals surface area contributed by atoms with Gasteiger partial charge in [-0.1, -0.05) is 11.6 Å². The van der Waals surface area contributed by atoms with Gasteiger partial charge in [0.2, 0.25) is 0 Å². The molecule has 0 radical (unpaired) electrons. The van der Waals surface area contributed by atoms with E-state index in [0.717, 1.165) is 44.3 Å². The van der Waals surface area contributed by atoms with Crippen LogP contribution in [-0.4, -0.2) is 31.1 Å². The Hall–Kier alpha value is -4.13. The molecule has 5 rings (SSSR count). The number of nitrogens with zero attached hydrogens (tertiary/aromatic N) is 4. The predicted octanol–water partition coefficient (Wildman–Crippen LogP) is 4.04. The first kappa shape index (κ1) is 19.8. The molecule has 1 aromatic carbocycles. The van der Waals surface area contributed by atoms with Crippen molar-refractivity contribution in [2.45, 2.75) is 26.8 Å². The summed E-state index contributed by atoms with van der Waals surface area (Å²) >= 11 is 0. The zero-order valence-electron chi connectivity index (χ0n) is 17.9. The normalized spacial score (nSPS) is 11.2. The molecule has 0 unspecified atom stereocenters. The monoisotopic (exact) mass is 422 g/mol. The number of benzene rings is 1. The summed E-state index contributed by atoms with van der Waals surface area (Å²) in [5, 5.41) is 13.3. The van der Waals surface area contributed by atoms with Crippen LogP contribution in [0.2, 0.25) is 0 Å². The van der Waals surface area contributed by atoms with Crippen molar-refractivity contribution in [3.05, 3.63) is 94.7 Å². The van der Waals surface area contributed by atoms with Crippen molar-refractivity contribution in [2.24, 2.45) is 0 Å². The molecule has 32 heavy (non-hydrogen) atoms. The molecule has 7 heteroatoms. The summed E-state index contributed by atoms with van der Waals surface area (Å²) in [5.74, 6) is -0.195. The van der Waals surface area contributed by atoms with Crippen LogP contribution < -0.4 is 5.32 Å². The second-order valence-electron chi connectivity index (χ2n) is 8.05. The van der Waals surface area contributed by atoms with E-state index in [1.807, 2.05) is 31.5 Å². The molecule has 0 fully saturated rings. The minimum atomic E-state index is -0.195. The molecular weight excluding hydrogens is 400 g/mol. The van der Waals surface area contributed by atoms with Crippen molar-refractivity contribution >= 4 is 27.8 Å². The number of aromatic amines is 1. The van der Waals surface area contributed by atoms with Gasteiger partial charge in [-0.05, 0) is 60.9 Å². The van der Waals surface area contributed by atoms with Crippen molar-refractivity contribution in [2.75, 3.05) is 0 Å². The van der Waals surface area contributed by atoms with Crippen molar-refractivity contribution in [1.29, 1.82) is 0 Å². The van der Waals surface area contributed by atoms with Crippen molar-refractivity contribution in [1.82, 2.24) is 30.5 Å². The number of pyridine rings is 2. The van der Waals surface area contributed by atoms with Gasteiger partial charge in [-0.3, -0.25) is 9.78 Å². The van der Waals surface area contributed by atoms with E-state index < -0.39 is 0 Å². The van der Waals surface area contributed by atoms with Crippen molar-refractivity contribution in [3.8, 4) is 0 Å². The van der Waals surface area contributed by atoms with Crippen LogP contribution in [0, 0.1) is 13.8 Å². The molecule has 1 amide bonds. The minimum absolute atomic E-state index is 0.195. The molecule has 0 bridgehead atoms. The predicted molar refractivity (Wildman–Crippen MR) is 123 cm³/mol. The molecule has 5 aromatic rings. The van der Waals surface area contributed by atoms with Crippen LogP contribution in [0.4, 0.5) is 0 Å². The van der Waals surface area contributed by atoms with Gasteiger partial charge >= 0.3 is 0 Å². The Kier molecular flexibility index (Phi) is 5.07. The lowest BCUT2D eigenvalue weighted by Crippen LogP contribution is -2.23. The number of carbonyl (C=O) groups excluding carboxylic acids is 1. The van der Waals surface area contributed by atoms with Gasteiger partial charge in [-0.15, -0.1) is 0 Å². The van der Waals surface area contributed by atoms with Gasteiger partial charge in [-0.25, -0.2) is 4.98 Å². The van der Waals surface area contributed by atoms with Crippen LogP contribution >= 0.6 is 0 Å². The Balaban J connectivity index is 1.29. The number of fused-ring (bicyclic) bond motifs is 2. The summed E-state index contributed by atoms with van der Waals surface area (Å²) < 4.78 is 0. The molecule has 0 saturated carbocycles. The van der Waals surface area contributed by atoms with E-state index in [9.17, 15) is 4.79 Å². The van der Waals surface area contributed by atoms with E-state index in [-0.39, 0.29) is 5.91 Å². The van der Waals surface area contributed by atoms with Gasteiger partial charge in [0.25, 0.3) is 5.91 Å². The van der Waals surface area contributed by atoms with Gasteiger partial charge in [0.05, 0.1) is 23.0 Å². The average Bonchev–Trinajstić information content (AvgIpc) is 3.17. The number of carbonyl (C=O) groups is 1. The Morgan fingerprint density at radius 1 is 1.00 bits per heavy atom. The number of hydrogen-bond acceptors (Lipinski definition) is 5. The standard InChI is InChI=1S/C25H22N6O/c1-15-3-4-23-19(5-15)6-17(11-26-23)7-21-9-20(14-30-31-21)25(32)29-13-18-8-22-16(2)10-27-24(22)28-12-18/h3-6,8-12,14H,7,13H2,1-2H3,(H,27,28)(H,29,32). The summed E-state index contributed by atoms with van der Waals surface area (Å²) in [4.78, 5) is 24.8. The largest absolute Gasteiger partial charge is 0.348 e. The highest BCUT2D eigenvalue weighted by atomic mass is 16.1. The maximum Gasteiger partial charge on any atom is 0.253 e. The van der Waals surface area contributed by atoms with E-state index in [0.29, 0.717) is 18.5 Å². The number of rotatable bonds is 5. The smallest absolute Gasteiger partial charge is 0.253 e. The Bertz CT molecular complexity index is 1460. The van der Waals surface area contributed by atoms with E-state index in [4.69, 9.17) is 0 Å². The molecule has 0 aliphatic rings. The maximum atomic E-state index is 12.7. The minimum Gasteiger partial charge on any atom is -0.348 e. The number of amides is 1. The van der Waals surface area contributed by atoms with Gasteiger partial charge in [-0.2, -0.15) is 10.2 Å². The topological polar surface area (TPSA) is 96.5 Å². The Labute approximate surface area is 185 Å². The summed E-state index contributed by atoms with van der Waals surface area (Å²) in [5.41, 5.74) is 7.28. The van der Waals surface area contributed by atoms with Gasteiger partial charge in [0, 0.05) is 42.3 Å². The van der Waals surface area contributed by atoms with E-state index in [1.54, 1.807) is 12.3 Å². The lowest BCUT2D eigenvalue weighted by atomic mass is 10.1. The molecule has 0 aliphatic heterocycles. The first-order valence-corrected chi connectivity index (χ1v) is 10.4. The molecule has 0 atom stereocenters. The highest BCUT2D eigenvalue weighted by Gasteiger charge is 2.10. The van der Waals surface area contributed by atoms with Crippen LogP contribution in [0.5, 0.6) is 0 Å². The van der Waals surface area contributed by atoms with Crippen LogP contribution in [-0.2, 0) is 13.0 Å². The number of hydrogen-bond donors (Lipinski definition) is 2. The summed E-state index contributed by atoms with van der Waals surface area (Å²) in [7, 11) is 0. The highest BCUT2D eigenvalue weighted by Crippen LogP contribution is 2.18. The van der Waals surface area contributed by atoms with Crippen molar-refractivity contribution in [3.63, 3.8) is 0 Å². The van der Waals surface area contributed by atoms with Gasteiger partial charge in [0.1, 0.15) is 5.65 Å². The van der Waals surface area contributed by atoms with Crippen LogP contribution in [0.15, 0.2) is 61.2 Å². The third-order valence-corrected chi connectivity index (χ3v) is 5.49. The molecule has 4 aromatic heterocycles. The molecule has 158 valence electrons. The molecular formula is C25H22N6O. The molecule has 2 N–H and O–H groups in total. The number of aryl methyl sites for hydroxylation is 2. The van der Waals surface area contributed by atoms with E-state index >= 15 is 0 Å². The first-order valence-electron chi connectivity index (χ1n) is 10.4.